The highest BCUT2D eigenvalue weighted by molar-refractivity contribution is 8.73. The van der Waals surface area contributed by atoms with E-state index in [1.807, 2.05) is 25.3 Å². The van der Waals surface area contributed by atoms with Crippen LogP contribution in [-0.4, -0.2) is 10.3 Å². The molecule has 0 aromatic rings. The lowest BCUT2D eigenvalue weighted by Gasteiger charge is -2.02. The van der Waals surface area contributed by atoms with Crippen molar-refractivity contribution >= 4 is 21.0 Å². The van der Waals surface area contributed by atoms with Gasteiger partial charge in [-0.15, -0.1) is 0 Å². The summed E-state index contributed by atoms with van der Waals surface area (Å²) in [5.41, 5.74) is 0. The molecule has 0 aromatic heterocycles. The van der Waals surface area contributed by atoms with Gasteiger partial charge in [-0.3, -0.25) is 0 Å². The van der Waals surface area contributed by atoms with Crippen LogP contribution in [0.5, 0.6) is 0 Å². The molecule has 3 heteroatoms. The Morgan fingerprint density at radius 1 is 1.67 bits per heavy atom. The summed E-state index contributed by atoms with van der Waals surface area (Å²) < 4.78 is 10.8. The van der Waals surface area contributed by atoms with Crippen LogP contribution in [0.25, 0.3) is 0 Å². The summed E-state index contributed by atoms with van der Waals surface area (Å²) >= 11 is 0. The molecule has 0 rings (SSSR count). The second kappa shape index (κ2) is 6.52. The lowest BCUT2D eigenvalue weighted by Crippen LogP contribution is -1.97. The average molecular weight is 164 g/mol. The molecular weight excluding hydrogens is 152 g/mol. The van der Waals surface area contributed by atoms with Crippen molar-refractivity contribution in [3.63, 3.8) is 0 Å². The van der Waals surface area contributed by atoms with Crippen molar-refractivity contribution in [1.82, 2.24) is 0 Å². The van der Waals surface area contributed by atoms with E-state index in [1.54, 1.807) is 0 Å². The molecule has 1 unspecified atom stereocenters. The molecule has 54 valence electrons. The van der Waals surface area contributed by atoms with Gasteiger partial charge >= 0.3 is 0 Å². The Balaban J connectivity index is 3.15. The normalized spacial score (nSPS) is 14.6. The average Bonchev–Trinajstić information content (AvgIpc) is 1.85. The Kier molecular flexibility index (Phi) is 6.81. The summed E-state index contributed by atoms with van der Waals surface area (Å²) in [6.45, 7) is 3.96. The van der Waals surface area contributed by atoms with Crippen molar-refractivity contribution in [2.24, 2.45) is 0 Å². The fourth-order valence-electron chi connectivity index (χ4n) is 0.332. The molecule has 9 heavy (non-hydrogen) atoms. The van der Waals surface area contributed by atoms with Crippen molar-refractivity contribution in [3.05, 3.63) is 11.5 Å². The molecular formula is C6H12OS2. The first kappa shape index (κ1) is 9.40. The molecule has 0 heterocycles. The van der Waals surface area contributed by atoms with E-state index in [2.05, 4.69) is 0 Å². The first-order chi connectivity index (χ1) is 4.31. The van der Waals surface area contributed by atoms with Crippen LogP contribution in [0.3, 0.4) is 0 Å². The van der Waals surface area contributed by atoms with Gasteiger partial charge in [0.1, 0.15) is 16.5 Å². The first-order valence-electron chi connectivity index (χ1n) is 2.98. The molecule has 0 spiro atoms. The Morgan fingerprint density at radius 3 is 2.78 bits per heavy atom. The molecule has 0 amide bonds. The standard InChI is InChI=1S/C6H12OS2/c1-3-5-8-9(7)6-4-2/h3,5H,4,6H2,1-2H3/b5-3+. The maximum absolute atomic E-state index is 10.8. The third-order valence-corrected chi connectivity index (χ3v) is 3.49. The second-order valence-electron chi connectivity index (χ2n) is 1.57. The van der Waals surface area contributed by atoms with Crippen LogP contribution in [0.4, 0.5) is 0 Å². The van der Waals surface area contributed by atoms with Crippen molar-refractivity contribution < 1.29 is 4.55 Å². The number of allylic oxidation sites excluding steroid dienone is 1. The monoisotopic (exact) mass is 164 g/mol. The third-order valence-electron chi connectivity index (χ3n) is 0.670. The van der Waals surface area contributed by atoms with Gasteiger partial charge in [0.05, 0.1) is 0 Å². The summed E-state index contributed by atoms with van der Waals surface area (Å²) in [6, 6.07) is 0. The largest absolute Gasteiger partial charge is 0.605 e. The maximum Gasteiger partial charge on any atom is 0.118 e. The van der Waals surface area contributed by atoms with Gasteiger partial charge in [0.25, 0.3) is 0 Å². The lowest BCUT2D eigenvalue weighted by molar-refractivity contribution is 0.608. The van der Waals surface area contributed by atoms with Gasteiger partial charge in [-0.25, -0.2) is 0 Å². The van der Waals surface area contributed by atoms with E-state index in [0.717, 1.165) is 12.2 Å². The summed E-state index contributed by atoms with van der Waals surface area (Å²) in [7, 11) is 0.703. The quantitative estimate of drug-likeness (QED) is 0.470. The van der Waals surface area contributed by atoms with Crippen LogP contribution >= 0.6 is 10.8 Å². The minimum Gasteiger partial charge on any atom is -0.605 e. The van der Waals surface area contributed by atoms with E-state index in [1.165, 1.54) is 10.8 Å². The fraction of sp³-hybridized carbons (Fsp3) is 0.667. The fourth-order valence-corrected chi connectivity index (χ4v) is 2.49. The van der Waals surface area contributed by atoms with Crippen LogP contribution < -0.4 is 0 Å². The minimum atomic E-state index is -0.690. The highest BCUT2D eigenvalue weighted by Crippen LogP contribution is 2.14. The lowest BCUT2D eigenvalue weighted by atomic mass is 10.6. The van der Waals surface area contributed by atoms with Crippen LogP contribution in [-0.2, 0) is 10.2 Å². The number of rotatable bonds is 4. The molecule has 0 saturated carbocycles. The van der Waals surface area contributed by atoms with Crippen molar-refractivity contribution in [2.45, 2.75) is 20.3 Å². The molecule has 0 radical (unpaired) electrons. The highest BCUT2D eigenvalue weighted by Gasteiger charge is 2.00. The number of hydrogen-bond donors (Lipinski definition) is 0. The van der Waals surface area contributed by atoms with Gasteiger partial charge in [-0.1, -0.05) is 13.0 Å². The Morgan fingerprint density at radius 2 is 2.33 bits per heavy atom. The molecule has 0 saturated heterocycles. The number of hydrogen-bond acceptors (Lipinski definition) is 2. The molecule has 0 N–H and O–H groups in total. The van der Waals surface area contributed by atoms with Crippen LogP contribution in [0, 0.1) is 0 Å². The van der Waals surface area contributed by atoms with Gasteiger partial charge < -0.3 is 4.55 Å². The van der Waals surface area contributed by atoms with E-state index >= 15 is 0 Å². The van der Waals surface area contributed by atoms with Gasteiger partial charge in [-0.2, -0.15) is 0 Å². The molecule has 0 aliphatic carbocycles. The highest BCUT2D eigenvalue weighted by atomic mass is 33.1. The minimum absolute atomic E-state index is 0.690. The molecule has 0 bridgehead atoms. The molecule has 0 aliphatic heterocycles. The van der Waals surface area contributed by atoms with Gasteiger partial charge in [0, 0.05) is 15.6 Å². The molecule has 0 aliphatic rings. The summed E-state index contributed by atoms with van der Waals surface area (Å²) in [5, 5.41) is 1.87. The zero-order valence-electron chi connectivity index (χ0n) is 5.79. The second-order valence-corrected chi connectivity index (χ2v) is 4.75. The maximum atomic E-state index is 10.8. The van der Waals surface area contributed by atoms with E-state index in [0.29, 0.717) is 0 Å². The third kappa shape index (κ3) is 6.28. The summed E-state index contributed by atoms with van der Waals surface area (Å²) in [4.78, 5) is 0. The summed E-state index contributed by atoms with van der Waals surface area (Å²) in [5.74, 6) is 0.801. The van der Waals surface area contributed by atoms with Crippen molar-refractivity contribution in [1.29, 1.82) is 0 Å². The Labute approximate surface area is 63.5 Å². The predicted octanol–water partition coefficient (Wildman–Crippen LogP) is 2.33. The zero-order valence-corrected chi connectivity index (χ0v) is 7.43. The zero-order chi connectivity index (χ0) is 7.11. The Hall–Kier alpha value is 0.400. The van der Waals surface area contributed by atoms with E-state index in [9.17, 15) is 4.55 Å². The smallest absolute Gasteiger partial charge is 0.118 e. The van der Waals surface area contributed by atoms with Crippen molar-refractivity contribution in [3.8, 4) is 0 Å². The molecule has 1 atom stereocenters. The van der Waals surface area contributed by atoms with E-state index < -0.39 is 10.2 Å². The van der Waals surface area contributed by atoms with E-state index in [4.69, 9.17) is 0 Å². The molecule has 1 nitrogen and oxygen atoms in total. The van der Waals surface area contributed by atoms with Gasteiger partial charge in [0.15, 0.2) is 0 Å². The van der Waals surface area contributed by atoms with Crippen LogP contribution in [0.1, 0.15) is 20.3 Å². The van der Waals surface area contributed by atoms with Gasteiger partial charge in [0.2, 0.25) is 0 Å². The van der Waals surface area contributed by atoms with Crippen molar-refractivity contribution in [2.75, 3.05) is 5.75 Å². The summed E-state index contributed by atoms with van der Waals surface area (Å²) in [6.07, 6.45) is 2.90. The van der Waals surface area contributed by atoms with Crippen LogP contribution in [0.15, 0.2) is 11.5 Å². The topological polar surface area (TPSA) is 23.1 Å². The first-order valence-corrected chi connectivity index (χ1v) is 5.69. The van der Waals surface area contributed by atoms with Gasteiger partial charge in [-0.05, 0) is 13.3 Å². The van der Waals surface area contributed by atoms with E-state index in [-0.39, 0.29) is 0 Å². The predicted molar refractivity (Wildman–Crippen MR) is 45.7 cm³/mol. The van der Waals surface area contributed by atoms with Crippen LogP contribution in [0.2, 0.25) is 0 Å². The molecule has 0 fully saturated rings. The Bertz CT molecular complexity index is 83.1. The SMILES string of the molecule is C/C=C/S[S+]([O-])CCC. The molecule has 0 aromatic carbocycles.